The Hall–Kier alpha value is -4.00. The number of H-pyrrole nitrogens is 1. The number of aromatic nitrogens is 6. The number of hydrogen-bond acceptors (Lipinski definition) is 7. The second kappa shape index (κ2) is 8.83. The molecular formula is C24H21F3N8OS. The number of benzene rings is 1. The third-order valence-corrected chi connectivity index (χ3v) is 7.38. The van der Waals surface area contributed by atoms with E-state index >= 15 is 0 Å². The second-order valence-corrected chi connectivity index (χ2v) is 9.76. The van der Waals surface area contributed by atoms with Gasteiger partial charge < -0.3 is 19.4 Å². The molecule has 0 aliphatic carbocycles. The number of halogens is 3. The molecule has 4 aromatic heterocycles. The Morgan fingerprint density at radius 3 is 2.84 bits per heavy atom. The number of anilines is 1. The molecule has 0 radical (unpaired) electrons. The lowest BCUT2D eigenvalue weighted by molar-refractivity contribution is -0.137. The number of alkyl halides is 3. The number of aromatic amines is 1. The van der Waals surface area contributed by atoms with Crippen LogP contribution in [0.5, 0.6) is 0 Å². The monoisotopic (exact) mass is 526 g/mol. The number of pyridine rings is 1. The van der Waals surface area contributed by atoms with Gasteiger partial charge in [-0.2, -0.15) is 13.2 Å². The summed E-state index contributed by atoms with van der Waals surface area (Å²) < 4.78 is 41.1. The van der Waals surface area contributed by atoms with Gasteiger partial charge in [-0.3, -0.25) is 4.79 Å². The maximum absolute atomic E-state index is 13.1. The van der Waals surface area contributed by atoms with E-state index < -0.39 is 11.7 Å². The largest absolute Gasteiger partial charge is 0.416 e. The Bertz CT molecular complexity index is 1610. The summed E-state index contributed by atoms with van der Waals surface area (Å²) in [6.07, 6.45) is -1.13. The molecule has 9 nitrogen and oxygen atoms in total. The van der Waals surface area contributed by atoms with Crippen LogP contribution >= 0.6 is 11.3 Å². The van der Waals surface area contributed by atoms with E-state index in [4.69, 9.17) is 0 Å². The first-order chi connectivity index (χ1) is 17.8. The Morgan fingerprint density at radius 1 is 1.16 bits per heavy atom. The summed E-state index contributed by atoms with van der Waals surface area (Å²) in [6, 6.07) is 7.05. The first kappa shape index (κ1) is 23.4. The molecule has 6 rings (SSSR count). The molecule has 1 atom stereocenters. The number of hydrogen-bond donors (Lipinski definition) is 1. The highest BCUT2D eigenvalue weighted by atomic mass is 32.1. The third kappa shape index (κ3) is 4.28. The molecule has 0 bridgehead atoms. The molecule has 1 fully saturated rings. The SMILES string of the molecule is CC1CN(c2scnc2-c2nc3cc(C(F)(F)F)ccc3[nH]2)CCN1C(=O)Cn1cnc2cccnc21. The molecule has 190 valence electrons. The van der Waals surface area contributed by atoms with E-state index in [1.165, 1.54) is 17.4 Å². The topological polar surface area (TPSA) is 95.8 Å². The zero-order chi connectivity index (χ0) is 25.7. The predicted octanol–water partition coefficient (Wildman–Crippen LogP) is 4.19. The van der Waals surface area contributed by atoms with Gasteiger partial charge in [-0.05, 0) is 37.3 Å². The van der Waals surface area contributed by atoms with Crippen LogP contribution in [0.4, 0.5) is 18.2 Å². The van der Waals surface area contributed by atoms with Crippen LogP contribution in [0.1, 0.15) is 12.5 Å². The normalized spacial score (nSPS) is 16.7. The lowest BCUT2D eigenvalue weighted by Gasteiger charge is -2.40. The molecule has 1 N–H and O–H groups in total. The van der Waals surface area contributed by atoms with E-state index in [1.807, 2.05) is 24.0 Å². The summed E-state index contributed by atoms with van der Waals surface area (Å²) in [5.74, 6) is 0.399. The van der Waals surface area contributed by atoms with Gasteiger partial charge in [-0.15, -0.1) is 11.3 Å². The van der Waals surface area contributed by atoms with Crippen LogP contribution in [0.15, 0.2) is 48.4 Å². The van der Waals surface area contributed by atoms with Crippen molar-refractivity contribution in [1.29, 1.82) is 0 Å². The number of piperazine rings is 1. The lowest BCUT2D eigenvalue weighted by atomic mass is 10.2. The summed E-state index contributed by atoms with van der Waals surface area (Å²) >= 11 is 1.44. The number of carbonyl (C=O) groups excluding carboxylic acids is 1. The molecule has 1 amide bonds. The summed E-state index contributed by atoms with van der Waals surface area (Å²) in [5, 5.41) is 0.860. The number of imidazole rings is 2. The van der Waals surface area contributed by atoms with Crippen molar-refractivity contribution in [2.75, 3.05) is 24.5 Å². The van der Waals surface area contributed by atoms with Crippen LogP contribution in [0.3, 0.4) is 0 Å². The first-order valence-electron chi connectivity index (χ1n) is 11.6. The molecule has 5 aromatic rings. The Morgan fingerprint density at radius 2 is 2.03 bits per heavy atom. The minimum Gasteiger partial charge on any atom is -0.358 e. The highest BCUT2D eigenvalue weighted by Gasteiger charge is 2.32. The number of rotatable bonds is 4. The maximum Gasteiger partial charge on any atom is 0.416 e. The van der Waals surface area contributed by atoms with Crippen LogP contribution in [-0.2, 0) is 17.5 Å². The van der Waals surface area contributed by atoms with Gasteiger partial charge in [0.15, 0.2) is 11.5 Å². The highest BCUT2D eigenvalue weighted by Crippen LogP contribution is 2.36. The van der Waals surface area contributed by atoms with Gasteiger partial charge in [0.05, 0.1) is 28.4 Å². The van der Waals surface area contributed by atoms with E-state index in [0.717, 1.165) is 22.7 Å². The van der Waals surface area contributed by atoms with E-state index in [1.54, 1.807) is 22.6 Å². The maximum atomic E-state index is 13.1. The van der Waals surface area contributed by atoms with Crippen LogP contribution < -0.4 is 4.90 Å². The summed E-state index contributed by atoms with van der Waals surface area (Å²) in [6.45, 7) is 3.85. The van der Waals surface area contributed by atoms with Crippen LogP contribution in [0, 0.1) is 0 Å². The fourth-order valence-corrected chi connectivity index (χ4v) is 5.52. The molecule has 13 heteroatoms. The van der Waals surface area contributed by atoms with Gasteiger partial charge in [-0.1, -0.05) is 0 Å². The molecule has 37 heavy (non-hydrogen) atoms. The number of fused-ring (bicyclic) bond motifs is 2. The van der Waals surface area contributed by atoms with Crippen LogP contribution in [0.25, 0.3) is 33.7 Å². The molecule has 1 aliphatic heterocycles. The highest BCUT2D eigenvalue weighted by molar-refractivity contribution is 7.14. The van der Waals surface area contributed by atoms with Crippen molar-refractivity contribution < 1.29 is 18.0 Å². The molecule has 1 aliphatic rings. The van der Waals surface area contributed by atoms with E-state index in [0.29, 0.717) is 42.3 Å². The quantitative estimate of drug-likeness (QED) is 0.377. The average Bonchev–Trinajstić information content (AvgIpc) is 3.61. The van der Waals surface area contributed by atoms with Crippen LogP contribution in [-0.4, -0.2) is 66.0 Å². The smallest absolute Gasteiger partial charge is 0.358 e. The van der Waals surface area contributed by atoms with E-state index in [9.17, 15) is 18.0 Å². The van der Waals surface area contributed by atoms with Crippen molar-refractivity contribution in [2.45, 2.75) is 25.7 Å². The van der Waals surface area contributed by atoms with Crippen molar-refractivity contribution >= 4 is 44.4 Å². The van der Waals surface area contributed by atoms with Crippen molar-refractivity contribution in [3.63, 3.8) is 0 Å². The van der Waals surface area contributed by atoms with Gasteiger partial charge in [0, 0.05) is 31.9 Å². The minimum atomic E-state index is -4.44. The van der Waals surface area contributed by atoms with Crippen LogP contribution in [0.2, 0.25) is 0 Å². The number of amides is 1. The summed E-state index contributed by atoms with van der Waals surface area (Å²) in [4.78, 5) is 37.7. The van der Waals surface area contributed by atoms with E-state index in [-0.39, 0.29) is 24.0 Å². The zero-order valence-electron chi connectivity index (χ0n) is 19.6. The van der Waals surface area contributed by atoms with E-state index in [2.05, 4.69) is 29.8 Å². The second-order valence-electron chi connectivity index (χ2n) is 8.92. The zero-order valence-corrected chi connectivity index (χ0v) is 20.4. The van der Waals surface area contributed by atoms with Gasteiger partial charge in [-0.25, -0.2) is 19.9 Å². The Kier molecular flexibility index (Phi) is 5.59. The van der Waals surface area contributed by atoms with Crippen molar-refractivity contribution in [3.05, 3.63) is 53.9 Å². The van der Waals surface area contributed by atoms with Gasteiger partial charge in [0.2, 0.25) is 5.91 Å². The summed E-state index contributed by atoms with van der Waals surface area (Å²) in [5.41, 5.74) is 3.68. The molecule has 0 saturated carbocycles. The third-order valence-electron chi connectivity index (χ3n) is 6.50. The van der Waals surface area contributed by atoms with Crippen molar-refractivity contribution in [3.8, 4) is 11.5 Å². The van der Waals surface area contributed by atoms with Crippen molar-refractivity contribution in [2.24, 2.45) is 0 Å². The molecular weight excluding hydrogens is 505 g/mol. The molecule has 0 spiro atoms. The molecule has 1 saturated heterocycles. The van der Waals surface area contributed by atoms with Crippen molar-refractivity contribution in [1.82, 2.24) is 34.4 Å². The fraction of sp³-hybridized carbons (Fsp3) is 0.292. The summed E-state index contributed by atoms with van der Waals surface area (Å²) in [7, 11) is 0. The van der Waals surface area contributed by atoms with Gasteiger partial charge >= 0.3 is 6.18 Å². The number of nitrogens with zero attached hydrogens (tertiary/aromatic N) is 7. The number of nitrogens with one attached hydrogen (secondary N) is 1. The first-order valence-corrected chi connectivity index (χ1v) is 12.5. The average molecular weight is 527 g/mol. The molecule has 5 heterocycles. The molecule has 1 unspecified atom stereocenters. The predicted molar refractivity (Wildman–Crippen MR) is 133 cm³/mol. The minimum absolute atomic E-state index is 0.0145. The van der Waals surface area contributed by atoms with Gasteiger partial charge in [0.1, 0.15) is 22.8 Å². The Labute approximate surface area is 212 Å². The lowest BCUT2D eigenvalue weighted by Crippen LogP contribution is -2.54. The number of carbonyl (C=O) groups is 1. The standard InChI is InChI=1S/C24H21F3N8OS/c1-14-10-33(7-8-35(14)19(36)11-34-12-29-17-3-2-6-28-22(17)34)23-20(30-13-37-23)21-31-16-5-4-15(24(25,26)27)9-18(16)32-21/h2-6,9,12-14H,7-8,10-11H2,1H3,(H,31,32). The number of thiazole rings is 1. The molecule has 1 aromatic carbocycles. The Balaban J connectivity index is 1.19. The fourth-order valence-electron chi connectivity index (χ4n) is 4.68. The van der Waals surface area contributed by atoms with Gasteiger partial charge in [0.25, 0.3) is 0 Å².